The molecule has 2 aliphatic carbocycles. The van der Waals surface area contributed by atoms with Gasteiger partial charge in [-0.15, -0.1) is 0 Å². The first-order valence-electron chi connectivity index (χ1n) is 5.52. The van der Waals surface area contributed by atoms with Gasteiger partial charge in [0.05, 0.1) is 11.3 Å². The summed E-state index contributed by atoms with van der Waals surface area (Å²) in [4.78, 5) is 25.0. The maximum atomic E-state index is 12.2. The highest BCUT2D eigenvalue weighted by Gasteiger charge is 2.60. The molecule has 0 aliphatic heterocycles. The van der Waals surface area contributed by atoms with Crippen LogP contribution in [-0.2, 0) is 9.59 Å². The van der Waals surface area contributed by atoms with Crippen LogP contribution in [0.2, 0.25) is 0 Å². The summed E-state index contributed by atoms with van der Waals surface area (Å²) in [6, 6.07) is 0. The van der Waals surface area contributed by atoms with E-state index in [4.69, 9.17) is 0 Å². The van der Waals surface area contributed by atoms with E-state index in [0.717, 1.165) is 6.42 Å². The van der Waals surface area contributed by atoms with Crippen molar-refractivity contribution in [1.29, 1.82) is 0 Å². The van der Waals surface area contributed by atoms with Crippen molar-refractivity contribution >= 4 is 11.9 Å². The Labute approximate surface area is 94.9 Å². The first-order valence-corrected chi connectivity index (χ1v) is 5.52. The summed E-state index contributed by atoms with van der Waals surface area (Å²) in [6.07, 6.45) is 4.76. The van der Waals surface area contributed by atoms with E-state index in [-0.39, 0.29) is 17.7 Å². The third-order valence-electron chi connectivity index (χ3n) is 4.09. The Morgan fingerprint density at radius 1 is 1.38 bits per heavy atom. The summed E-state index contributed by atoms with van der Waals surface area (Å²) >= 11 is 0. The minimum atomic E-state index is -0.852. The van der Waals surface area contributed by atoms with Gasteiger partial charge in [-0.25, -0.2) is 0 Å². The third-order valence-corrected chi connectivity index (χ3v) is 4.09. The minimum absolute atomic E-state index is 0.0244. The molecule has 0 heterocycles. The van der Waals surface area contributed by atoms with Crippen molar-refractivity contribution in [2.75, 3.05) is 14.1 Å². The van der Waals surface area contributed by atoms with Gasteiger partial charge in [0, 0.05) is 14.1 Å². The molecule has 4 nitrogen and oxygen atoms in total. The fraction of sp³-hybridized carbons (Fsp3) is 0.667. The highest BCUT2D eigenvalue weighted by atomic mass is 16.4. The molecule has 16 heavy (non-hydrogen) atoms. The highest BCUT2D eigenvalue weighted by Crippen LogP contribution is 2.56. The second-order valence-electron chi connectivity index (χ2n) is 5.19. The van der Waals surface area contributed by atoms with Crippen molar-refractivity contribution in [3.63, 3.8) is 0 Å². The van der Waals surface area contributed by atoms with Crippen LogP contribution < -0.4 is 0 Å². The Balaban J connectivity index is 2.42. The molecule has 1 fully saturated rings. The molecule has 0 aromatic heterocycles. The van der Waals surface area contributed by atoms with Crippen LogP contribution in [0.5, 0.6) is 0 Å². The lowest BCUT2D eigenvalue weighted by Gasteiger charge is -2.36. The number of carbonyl (C=O) groups is 2. The Kier molecular flexibility index (Phi) is 2.33. The van der Waals surface area contributed by atoms with E-state index >= 15 is 0 Å². The zero-order chi connectivity index (χ0) is 12.1. The van der Waals surface area contributed by atoms with E-state index in [2.05, 4.69) is 0 Å². The smallest absolute Gasteiger partial charge is 0.308 e. The first kappa shape index (κ1) is 11.2. The molecule has 2 aliphatic rings. The number of allylic oxidation sites excluding steroid dienone is 2. The maximum Gasteiger partial charge on any atom is 0.308 e. The molecule has 0 radical (unpaired) electrons. The molecule has 0 aromatic carbocycles. The van der Waals surface area contributed by atoms with Crippen molar-refractivity contribution in [3.8, 4) is 0 Å². The van der Waals surface area contributed by atoms with E-state index in [1.807, 2.05) is 12.2 Å². The second kappa shape index (κ2) is 3.34. The van der Waals surface area contributed by atoms with Gasteiger partial charge in [-0.2, -0.15) is 0 Å². The topological polar surface area (TPSA) is 57.6 Å². The lowest BCUT2D eigenvalue weighted by molar-refractivity contribution is -0.156. The Morgan fingerprint density at radius 3 is 2.50 bits per heavy atom. The van der Waals surface area contributed by atoms with E-state index < -0.39 is 17.3 Å². The van der Waals surface area contributed by atoms with E-state index in [0.29, 0.717) is 0 Å². The SMILES string of the molecule is CN(C)C(=O)C1(C)C2C=CC(C2)C1C(=O)O. The number of aliphatic carboxylic acids is 1. The van der Waals surface area contributed by atoms with Crippen LogP contribution >= 0.6 is 0 Å². The number of carboxylic acid groups (broad SMARTS) is 1. The van der Waals surface area contributed by atoms with E-state index in [1.54, 1.807) is 21.0 Å². The van der Waals surface area contributed by atoms with Gasteiger partial charge in [0.15, 0.2) is 0 Å². The average Bonchev–Trinajstić information content (AvgIpc) is 2.74. The van der Waals surface area contributed by atoms with Crippen LogP contribution in [-0.4, -0.2) is 36.0 Å². The number of hydrogen-bond donors (Lipinski definition) is 1. The molecule has 0 spiro atoms. The third kappa shape index (κ3) is 1.22. The van der Waals surface area contributed by atoms with Crippen molar-refractivity contribution in [3.05, 3.63) is 12.2 Å². The van der Waals surface area contributed by atoms with Gasteiger partial charge >= 0.3 is 5.97 Å². The quantitative estimate of drug-likeness (QED) is 0.710. The summed E-state index contributed by atoms with van der Waals surface area (Å²) in [6.45, 7) is 1.79. The molecule has 2 rings (SSSR count). The van der Waals surface area contributed by atoms with E-state index in [1.165, 1.54) is 4.90 Å². The summed E-state index contributed by atoms with van der Waals surface area (Å²) in [5.41, 5.74) is -0.769. The number of carbonyl (C=O) groups excluding carboxylic acids is 1. The Morgan fingerprint density at radius 2 is 2.00 bits per heavy atom. The van der Waals surface area contributed by atoms with Gasteiger partial charge in [0.25, 0.3) is 0 Å². The number of amides is 1. The maximum absolute atomic E-state index is 12.2. The Hall–Kier alpha value is -1.32. The molecule has 4 unspecified atom stereocenters. The molecule has 4 heteroatoms. The molecule has 4 atom stereocenters. The van der Waals surface area contributed by atoms with Crippen LogP contribution in [0.15, 0.2) is 12.2 Å². The highest BCUT2D eigenvalue weighted by molar-refractivity contribution is 5.90. The Bertz CT molecular complexity index is 374. The number of fused-ring (bicyclic) bond motifs is 2. The molecule has 0 saturated heterocycles. The monoisotopic (exact) mass is 223 g/mol. The van der Waals surface area contributed by atoms with Crippen molar-refractivity contribution in [2.24, 2.45) is 23.2 Å². The van der Waals surface area contributed by atoms with Crippen LogP contribution in [0.25, 0.3) is 0 Å². The number of carboxylic acids is 1. The summed E-state index contributed by atoms with van der Waals surface area (Å²) in [7, 11) is 3.37. The molecular formula is C12H17NO3. The molecule has 2 bridgehead atoms. The second-order valence-corrected chi connectivity index (χ2v) is 5.19. The van der Waals surface area contributed by atoms with Crippen molar-refractivity contribution < 1.29 is 14.7 Å². The van der Waals surface area contributed by atoms with Gasteiger partial charge in [0.1, 0.15) is 0 Å². The van der Waals surface area contributed by atoms with Gasteiger partial charge in [-0.1, -0.05) is 12.2 Å². The fourth-order valence-corrected chi connectivity index (χ4v) is 3.31. The minimum Gasteiger partial charge on any atom is -0.481 e. The lowest BCUT2D eigenvalue weighted by Crippen LogP contribution is -2.48. The first-order chi connectivity index (χ1) is 7.39. The van der Waals surface area contributed by atoms with Gasteiger partial charge in [-0.3, -0.25) is 9.59 Å². The fourth-order valence-electron chi connectivity index (χ4n) is 3.31. The zero-order valence-electron chi connectivity index (χ0n) is 9.80. The standard InChI is InChI=1S/C12H17NO3/c1-12(11(16)13(2)3)8-5-4-7(6-8)9(12)10(14)15/h4-5,7-9H,6H2,1-3H3,(H,14,15). The molecule has 1 N–H and O–H groups in total. The lowest BCUT2D eigenvalue weighted by atomic mass is 9.69. The molecule has 0 aromatic rings. The van der Waals surface area contributed by atoms with Crippen LogP contribution in [0.3, 0.4) is 0 Å². The van der Waals surface area contributed by atoms with Gasteiger partial charge in [0.2, 0.25) is 5.91 Å². The van der Waals surface area contributed by atoms with Crippen molar-refractivity contribution in [2.45, 2.75) is 13.3 Å². The predicted octanol–water partition coefficient (Wildman–Crippen LogP) is 0.988. The van der Waals surface area contributed by atoms with Gasteiger partial charge < -0.3 is 10.0 Å². The van der Waals surface area contributed by atoms with Crippen LogP contribution in [0, 0.1) is 23.2 Å². The molecule has 1 saturated carbocycles. The summed E-state index contributed by atoms with van der Waals surface area (Å²) < 4.78 is 0. The van der Waals surface area contributed by atoms with Crippen molar-refractivity contribution in [1.82, 2.24) is 4.90 Å². The predicted molar refractivity (Wildman–Crippen MR) is 58.7 cm³/mol. The molecule has 1 amide bonds. The van der Waals surface area contributed by atoms with E-state index in [9.17, 15) is 14.7 Å². The van der Waals surface area contributed by atoms with Crippen LogP contribution in [0.1, 0.15) is 13.3 Å². The van der Waals surface area contributed by atoms with Crippen LogP contribution in [0.4, 0.5) is 0 Å². The largest absolute Gasteiger partial charge is 0.481 e. The molecular weight excluding hydrogens is 206 g/mol. The summed E-state index contributed by atoms with van der Waals surface area (Å²) in [5, 5.41) is 9.30. The zero-order valence-corrected chi connectivity index (χ0v) is 9.80. The average molecular weight is 223 g/mol. The number of rotatable bonds is 2. The van der Waals surface area contributed by atoms with Gasteiger partial charge in [-0.05, 0) is 25.2 Å². The molecule has 88 valence electrons. The summed E-state index contributed by atoms with van der Waals surface area (Å²) in [5.74, 6) is -1.39. The normalized spacial score (nSPS) is 40.1. The number of hydrogen-bond acceptors (Lipinski definition) is 2. The number of nitrogens with zero attached hydrogens (tertiary/aromatic N) is 1.